The summed E-state index contributed by atoms with van der Waals surface area (Å²) < 4.78 is 7.01. The first kappa shape index (κ1) is 22.4. The normalized spacial score (nSPS) is 11.4. The lowest BCUT2D eigenvalue weighted by Gasteiger charge is -2.19. The molecule has 0 aliphatic carbocycles. The van der Waals surface area contributed by atoms with Gasteiger partial charge in [-0.15, -0.1) is 0 Å². The van der Waals surface area contributed by atoms with Crippen molar-refractivity contribution in [3.05, 3.63) is 82.3 Å². The van der Waals surface area contributed by atoms with E-state index < -0.39 is 35.8 Å². The minimum Gasteiger partial charge on any atom is -0.505 e. The molecular weight excluding hydrogens is 414 g/mol. The van der Waals surface area contributed by atoms with E-state index in [1.54, 1.807) is 24.3 Å². The van der Waals surface area contributed by atoms with Crippen molar-refractivity contribution in [2.75, 3.05) is 5.32 Å². The lowest BCUT2D eigenvalue weighted by molar-refractivity contribution is -0.137. The number of aliphatic carboxylic acids is 1. The summed E-state index contributed by atoms with van der Waals surface area (Å²) in [5.74, 6) is -0.438. The third-order valence-corrected chi connectivity index (χ3v) is 4.69. The molecule has 2 amide bonds. The molecule has 3 aromatic rings. The fourth-order valence-corrected chi connectivity index (χ4v) is 3.01. The van der Waals surface area contributed by atoms with Crippen LogP contribution in [0.2, 0.25) is 0 Å². The quantitative estimate of drug-likeness (QED) is 0.447. The molecule has 1 unspecified atom stereocenters. The second kappa shape index (κ2) is 9.69. The van der Waals surface area contributed by atoms with Gasteiger partial charge >= 0.3 is 12.0 Å². The Kier molecular flexibility index (Phi) is 6.79. The number of aromatic hydroxyl groups is 1. The van der Waals surface area contributed by atoms with Crippen molar-refractivity contribution in [1.82, 2.24) is 9.88 Å². The number of nitrogens with zero attached hydrogens (tertiary/aromatic N) is 1. The van der Waals surface area contributed by atoms with Crippen LogP contribution in [0.1, 0.15) is 23.6 Å². The highest BCUT2D eigenvalue weighted by Gasteiger charge is 2.20. The standard InChI is InChI=1S/C23H23N3O6/c1-14-6-8-16(9-7-14)32-17-5-3-4-15(12-17)18(13-20(28)29)24-23(31)25-21-19(27)10-11-26(2)22(21)30/h3-12,18,27H,13H2,1-2H3,(H,28,29)(H2,24,25,31). The molecular formula is C23H23N3O6. The molecule has 1 heterocycles. The van der Waals surface area contributed by atoms with Crippen LogP contribution in [-0.4, -0.2) is 26.8 Å². The number of aryl methyl sites for hydroxylation is 2. The molecule has 3 rings (SSSR count). The van der Waals surface area contributed by atoms with Crippen LogP contribution in [0.5, 0.6) is 17.2 Å². The van der Waals surface area contributed by atoms with Gasteiger partial charge in [0.2, 0.25) is 0 Å². The van der Waals surface area contributed by atoms with Crippen molar-refractivity contribution in [2.24, 2.45) is 7.05 Å². The molecule has 0 aliphatic rings. The number of nitrogens with one attached hydrogen (secondary N) is 2. The largest absolute Gasteiger partial charge is 0.505 e. The molecule has 0 saturated heterocycles. The zero-order chi connectivity index (χ0) is 23.3. The number of pyridine rings is 1. The first-order valence-electron chi connectivity index (χ1n) is 9.75. The maximum Gasteiger partial charge on any atom is 0.319 e. The Morgan fingerprint density at radius 3 is 2.50 bits per heavy atom. The summed E-state index contributed by atoms with van der Waals surface area (Å²) in [5, 5.41) is 24.0. The number of carboxylic acids is 1. The Balaban J connectivity index is 1.80. The maximum absolute atomic E-state index is 12.5. The van der Waals surface area contributed by atoms with Gasteiger partial charge in [0.1, 0.15) is 17.2 Å². The van der Waals surface area contributed by atoms with Gasteiger partial charge in [-0.1, -0.05) is 29.8 Å². The number of benzene rings is 2. The van der Waals surface area contributed by atoms with Crippen molar-refractivity contribution in [2.45, 2.75) is 19.4 Å². The monoisotopic (exact) mass is 437 g/mol. The Labute approximate surface area is 183 Å². The molecule has 9 heteroatoms. The Bertz CT molecular complexity index is 1190. The number of hydrogen-bond donors (Lipinski definition) is 4. The van der Waals surface area contributed by atoms with Crippen LogP contribution in [0.4, 0.5) is 10.5 Å². The molecule has 2 aromatic carbocycles. The predicted octanol–water partition coefficient (Wildman–Crippen LogP) is 3.53. The van der Waals surface area contributed by atoms with Crippen molar-refractivity contribution < 1.29 is 24.5 Å². The van der Waals surface area contributed by atoms with E-state index >= 15 is 0 Å². The summed E-state index contributed by atoms with van der Waals surface area (Å²) in [5.41, 5.74) is 0.668. The number of amides is 2. The van der Waals surface area contributed by atoms with E-state index in [1.165, 1.54) is 23.9 Å². The van der Waals surface area contributed by atoms with Gasteiger partial charge in [0.25, 0.3) is 5.56 Å². The van der Waals surface area contributed by atoms with Gasteiger partial charge in [-0.2, -0.15) is 0 Å². The average Bonchev–Trinajstić information content (AvgIpc) is 2.75. The summed E-state index contributed by atoms with van der Waals surface area (Å²) in [6.07, 6.45) is 0.952. The number of urea groups is 1. The zero-order valence-corrected chi connectivity index (χ0v) is 17.5. The molecule has 0 bridgehead atoms. The van der Waals surface area contributed by atoms with Crippen LogP contribution in [0.3, 0.4) is 0 Å². The molecule has 1 aromatic heterocycles. The van der Waals surface area contributed by atoms with Gasteiger partial charge in [-0.05, 0) is 42.8 Å². The van der Waals surface area contributed by atoms with Gasteiger partial charge in [-0.25, -0.2) is 4.79 Å². The van der Waals surface area contributed by atoms with Crippen LogP contribution in [-0.2, 0) is 11.8 Å². The third kappa shape index (κ3) is 5.66. The number of anilines is 1. The smallest absolute Gasteiger partial charge is 0.319 e. The predicted molar refractivity (Wildman–Crippen MR) is 118 cm³/mol. The van der Waals surface area contributed by atoms with E-state index in [0.717, 1.165) is 5.56 Å². The number of rotatable bonds is 7. The fraction of sp³-hybridized carbons (Fsp3) is 0.174. The summed E-state index contributed by atoms with van der Waals surface area (Å²) in [7, 11) is 1.47. The third-order valence-electron chi connectivity index (χ3n) is 4.69. The van der Waals surface area contributed by atoms with Crippen LogP contribution in [0.15, 0.2) is 65.6 Å². The molecule has 0 radical (unpaired) electrons. The molecule has 32 heavy (non-hydrogen) atoms. The topological polar surface area (TPSA) is 130 Å². The van der Waals surface area contributed by atoms with E-state index in [2.05, 4.69) is 10.6 Å². The second-order valence-corrected chi connectivity index (χ2v) is 7.23. The molecule has 1 atom stereocenters. The highest BCUT2D eigenvalue weighted by Crippen LogP contribution is 2.26. The first-order chi connectivity index (χ1) is 15.2. The molecule has 166 valence electrons. The van der Waals surface area contributed by atoms with Crippen molar-refractivity contribution in [3.63, 3.8) is 0 Å². The van der Waals surface area contributed by atoms with Gasteiger partial charge in [0.15, 0.2) is 5.69 Å². The van der Waals surface area contributed by atoms with Crippen LogP contribution >= 0.6 is 0 Å². The van der Waals surface area contributed by atoms with E-state index in [4.69, 9.17) is 4.74 Å². The van der Waals surface area contributed by atoms with Crippen molar-refractivity contribution in [1.29, 1.82) is 0 Å². The summed E-state index contributed by atoms with van der Waals surface area (Å²) in [6, 6.07) is 13.6. The SMILES string of the molecule is Cc1ccc(Oc2cccc(C(CC(=O)O)NC(=O)Nc3c(O)ccn(C)c3=O)c2)cc1. The number of hydrogen-bond acceptors (Lipinski definition) is 5. The highest BCUT2D eigenvalue weighted by molar-refractivity contribution is 5.91. The van der Waals surface area contributed by atoms with Crippen LogP contribution in [0, 0.1) is 6.92 Å². The van der Waals surface area contributed by atoms with E-state index in [-0.39, 0.29) is 5.69 Å². The van der Waals surface area contributed by atoms with Gasteiger partial charge < -0.3 is 30.2 Å². The minimum atomic E-state index is -1.13. The molecule has 4 N–H and O–H groups in total. The summed E-state index contributed by atoms with van der Waals surface area (Å²) >= 11 is 0. The van der Waals surface area contributed by atoms with Crippen LogP contribution < -0.4 is 20.9 Å². The van der Waals surface area contributed by atoms with E-state index in [0.29, 0.717) is 17.1 Å². The Morgan fingerprint density at radius 1 is 1.09 bits per heavy atom. The Hall–Kier alpha value is -4.27. The summed E-state index contributed by atoms with van der Waals surface area (Å²) in [4.78, 5) is 36.0. The first-order valence-corrected chi connectivity index (χ1v) is 9.75. The van der Waals surface area contributed by atoms with Crippen LogP contribution in [0.25, 0.3) is 0 Å². The number of aromatic nitrogens is 1. The van der Waals surface area contributed by atoms with E-state index in [1.807, 2.05) is 31.2 Å². The number of carboxylic acid groups (broad SMARTS) is 1. The van der Waals surface area contributed by atoms with E-state index in [9.17, 15) is 24.6 Å². The Morgan fingerprint density at radius 2 is 1.81 bits per heavy atom. The fourth-order valence-electron chi connectivity index (χ4n) is 3.01. The van der Waals surface area contributed by atoms with Gasteiger partial charge in [0.05, 0.1) is 12.5 Å². The van der Waals surface area contributed by atoms with Gasteiger partial charge in [0, 0.05) is 13.2 Å². The van der Waals surface area contributed by atoms with Gasteiger partial charge in [-0.3, -0.25) is 9.59 Å². The molecule has 0 saturated carbocycles. The number of carbonyl (C=O) groups excluding carboxylic acids is 1. The molecule has 0 aliphatic heterocycles. The number of carbonyl (C=O) groups is 2. The average molecular weight is 437 g/mol. The molecule has 0 spiro atoms. The second-order valence-electron chi connectivity index (χ2n) is 7.23. The molecule has 0 fully saturated rings. The number of ether oxygens (including phenoxy) is 1. The molecule has 9 nitrogen and oxygen atoms in total. The summed E-state index contributed by atoms with van der Waals surface area (Å²) in [6.45, 7) is 1.96. The van der Waals surface area contributed by atoms with Crippen molar-refractivity contribution >= 4 is 17.7 Å². The lowest BCUT2D eigenvalue weighted by Crippen LogP contribution is -2.35. The maximum atomic E-state index is 12.5. The van der Waals surface area contributed by atoms with Crippen molar-refractivity contribution in [3.8, 4) is 17.2 Å². The zero-order valence-electron chi connectivity index (χ0n) is 17.5. The highest BCUT2D eigenvalue weighted by atomic mass is 16.5. The lowest BCUT2D eigenvalue weighted by atomic mass is 10.0. The minimum absolute atomic E-state index is 0.307.